The number of H-pyrrole nitrogens is 1. The first-order chi connectivity index (χ1) is 12.0. The van der Waals surface area contributed by atoms with Crippen molar-refractivity contribution in [3.05, 3.63) is 61.9 Å². The highest BCUT2D eigenvalue weighted by Crippen LogP contribution is 2.22. The van der Waals surface area contributed by atoms with Crippen molar-refractivity contribution >= 4 is 41.6 Å². The van der Waals surface area contributed by atoms with Crippen LogP contribution < -0.4 is 0 Å². The number of hydrogen-bond acceptors (Lipinski definition) is 4. The molecule has 0 aliphatic rings. The lowest BCUT2D eigenvalue weighted by Gasteiger charge is -2.05. The quantitative estimate of drug-likeness (QED) is 0.519. The number of benzene rings is 1. The fraction of sp³-hybridized carbons (Fsp3) is 0.250. The van der Waals surface area contributed by atoms with Crippen LogP contribution in [0.5, 0.6) is 0 Å². The molecule has 0 bridgehead atoms. The number of hydrogen-bond donors (Lipinski definition) is 1. The molecule has 3 rings (SSSR count). The molecule has 1 aromatic carbocycles. The molecule has 0 atom stereocenters. The zero-order chi connectivity index (χ0) is 18.0. The van der Waals surface area contributed by atoms with Gasteiger partial charge in [0.1, 0.15) is 5.15 Å². The molecule has 130 valence electrons. The molecule has 0 fully saturated rings. The average molecular weight is 395 g/mol. The van der Waals surface area contributed by atoms with Crippen molar-refractivity contribution in [1.82, 2.24) is 24.7 Å². The van der Waals surface area contributed by atoms with Gasteiger partial charge in [-0.15, -0.1) is 0 Å². The number of halogens is 2. The summed E-state index contributed by atoms with van der Waals surface area (Å²) >= 11 is 17.9. The van der Waals surface area contributed by atoms with Gasteiger partial charge in [0.2, 0.25) is 4.77 Å². The highest BCUT2D eigenvalue weighted by Gasteiger charge is 2.13. The van der Waals surface area contributed by atoms with Gasteiger partial charge >= 0.3 is 0 Å². The van der Waals surface area contributed by atoms with E-state index in [1.165, 1.54) is 0 Å². The second-order valence-electron chi connectivity index (χ2n) is 5.39. The van der Waals surface area contributed by atoms with Crippen molar-refractivity contribution in [2.45, 2.75) is 26.8 Å². The average Bonchev–Trinajstić information content (AvgIpc) is 3.08. The van der Waals surface area contributed by atoms with E-state index in [0.717, 1.165) is 22.6 Å². The summed E-state index contributed by atoms with van der Waals surface area (Å²) in [6.45, 7) is 4.35. The van der Waals surface area contributed by atoms with E-state index >= 15 is 0 Å². The molecule has 0 radical (unpaired) electrons. The molecule has 0 spiro atoms. The summed E-state index contributed by atoms with van der Waals surface area (Å²) in [5.41, 5.74) is 2.45. The molecular weight excluding hydrogens is 379 g/mol. The van der Waals surface area contributed by atoms with Crippen molar-refractivity contribution < 1.29 is 0 Å². The predicted octanol–water partition coefficient (Wildman–Crippen LogP) is 4.25. The van der Waals surface area contributed by atoms with Crippen molar-refractivity contribution in [1.29, 1.82) is 0 Å². The number of aryl methyl sites for hydroxylation is 2. The monoisotopic (exact) mass is 394 g/mol. The van der Waals surface area contributed by atoms with E-state index in [0.29, 0.717) is 27.9 Å². The Morgan fingerprint density at radius 3 is 2.80 bits per heavy atom. The Balaban J connectivity index is 1.92. The van der Waals surface area contributed by atoms with Crippen LogP contribution in [0.15, 0.2) is 29.4 Å². The summed E-state index contributed by atoms with van der Waals surface area (Å²) in [5.74, 6) is 0.749. The molecule has 0 amide bonds. The Labute approximate surface area is 160 Å². The van der Waals surface area contributed by atoms with E-state index in [-0.39, 0.29) is 0 Å². The SMILES string of the molecule is CCc1n[nH]c(=S)n1/N=C\c1c(C)nn(Cc2ccccc2Cl)c1Cl. The van der Waals surface area contributed by atoms with E-state index in [1.54, 1.807) is 15.6 Å². The summed E-state index contributed by atoms with van der Waals surface area (Å²) < 4.78 is 3.72. The van der Waals surface area contributed by atoms with Crippen LogP contribution in [0.25, 0.3) is 0 Å². The number of nitrogens with one attached hydrogen (secondary N) is 1. The van der Waals surface area contributed by atoms with E-state index in [4.69, 9.17) is 35.4 Å². The lowest BCUT2D eigenvalue weighted by Crippen LogP contribution is -2.02. The van der Waals surface area contributed by atoms with Gasteiger partial charge in [-0.3, -0.25) is 5.10 Å². The molecule has 0 aliphatic carbocycles. The Hall–Kier alpha value is -1.96. The van der Waals surface area contributed by atoms with Gasteiger partial charge < -0.3 is 0 Å². The van der Waals surface area contributed by atoms with E-state index < -0.39 is 0 Å². The second kappa shape index (κ2) is 7.51. The molecular formula is C16H16Cl2N6S. The van der Waals surface area contributed by atoms with Crippen LogP contribution >= 0.6 is 35.4 Å². The van der Waals surface area contributed by atoms with Crippen LogP contribution in [0, 0.1) is 11.7 Å². The van der Waals surface area contributed by atoms with Crippen molar-refractivity contribution in [2.75, 3.05) is 0 Å². The lowest BCUT2D eigenvalue weighted by atomic mass is 10.2. The fourth-order valence-corrected chi connectivity index (χ4v) is 3.07. The molecule has 0 aliphatic heterocycles. The number of aromatic nitrogens is 5. The molecule has 2 heterocycles. The van der Waals surface area contributed by atoms with Gasteiger partial charge in [-0.25, -0.2) is 4.68 Å². The fourth-order valence-electron chi connectivity index (χ4n) is 2.39. The molecule has 0 unspecified atom stereocenters. The number of aromatic amines is 1. The first-order valence-corrected chi connectivity index (χ1v) is 8.84. The molecule has 1 N–H and O–H groups in total. The summed E-state index contributed by atoms with van der Waals surface area (Å²) in [6, 6.07) is 7.61. The van der Waals surface area contributed by atoms with Crippen LogP contribution in [0.4, 0.5) is 0 Å². The number of rotatable bonds is 5. The van der Waals surface area contributed by atoms with E-state index in [1.807, 2.05) is 38.1 Å². The van der Waals surface area contributed by atoms with Crippen molar-refractivity contribution in [2.24, 2.45) is 5.10 Å². The molecule has 6 nitrogen and oxygen atoms in total. The van der Waals surface area contributed by atoms with Crippen LogP contribution in [-0.4, -0.2) is 30.9 Å². The lowest BCUT2D eigenvalue weighted by molar-refractivity contribution is 0.680. The van der Waals surface area contributed by atoms with Gasteiger partial charge in [0.25, 0.3) is 0 Å². The zero-order valence-corrected chi connectivity index (χ0v) is 16.0. The maximum atomic E-state index is 6.49. The summed E-state index contributed by atoms with van der Waals surface area (Å²) in [4.78, 5) is 0. The predicted molar refractivity (Wildman–Crippen MR) is 102 cm³/mol. The second-order valence-corrected chi connectivity index (χ2v) is 6.55. The maximum Gasteiger partial charge on any atom is 0.216 e. The van der Waals surface area contributed by atoms with Gasteiger partial charge in [0.05, 0.1) is 24.0 Å². The minimum Gasteiger partial charge on any atom is -0.250 e. The highest BCUT2D eigenvalue weighted by molar-refractivity contribution is 7.71. The molecule has 0 saturated carbocycles. The third-order valence-corrected chi connectivity index (χ3v) is 4.75. The van der Waals surface area contributed by atoms with Gasteiger partial charge in [-0.2, -0.15) is 20.0 Å². The van der Waals surface area contributed by atoms with Gasteiger partial charge in [-0.1, -0.05) is 48.3 Å². The Kier molecular flexibility index (Phi) is 5.36. The minimum atomic E-state index is 0.435. The van der Waals surface area contributed by atoms with Crippen LogP contribution in [-0.2, 0) is 13.0 Å². The topological polar surface area (TPSA) is 63.8 Å². The highest BCUT2D eigenvalue weighted by atomic mass is 35.5. The molecule has 25 heavy (non-hydrogen) atoms. The molecule has 0 saturated heterocycles. The van der Waals surface area contributed by atoms with E-state index in [9.17, 15) is 0 Å². The molecule has 3 aromatic rings. The van der Waals surface area contributed by atoms with Gasteiger partial charge in [0.15, 0.2) is 5.82 Å². The first kappa shape index (κ1) is 17.8. The van der Waals surface area contributed by atoms with Crippen molar-refractivity contribution in [3.8, 4) is 0 Å². The van der Waals surface area contributed by atoms with Gasteiger partial charge in [-0.05, 0) is 30.8 Å². The number of nitrogens with zero attached hydrogens (tertiary/aromatic N) is 5. The molecule has 2 aromatic heterocycles. The van der Waals surface area contributed by atoms with E-state index in [2.05, 4.69) is 20.4 Å². The summed E-state index contributed by atoms with van der Waals surface area (Å²) in [6.07, 6.45) is 2.36. The normalized spacial score (nSPS) is 11.5. The molecule has 9 heteroatoms. The standard InChI is InChI=1S/C16H16Cl2N6S/c1-3-14-20-21-16(25)24(14)19-8-12-10(2)22-23(15(12)18)9-11-6-4-5-7-13(11)17/h4-8H,3,9H2,1-2H3,(H,21,25)/b19-8-. The Morgan fingerprint density at radius 2 is 2.08 bits per heavy atom. The van der Waals surface area contributed by atoms with Crippen LogP contribution in [0.3, 0.4) is 0 Å². The Morgan fingerprint density at radius 1 is 1.32 bits per heavy atom. The van der Waals surface area contributed by atoms with Crippen molar-refractivity contribution in [3.63, 3.8) is 0 Å². The van der Waals surface area contributed by atoms with Crippen LogP contribution in [0.2, 0.25) is 10.2 Å². The minimum absolute atomic E-state index is 0.435. The zero-order valence-electron chi connectivity index (χ0n) is 13.7. The summed E-state index contributed by atoms with van der Waals surface area (Å²) in [7, 11) is 0. The Bertz CT molecular complexity index is 985. The van der Waals surface area contributed by atoms with Gasteiger partial charge in [0, 0.05) is 11.4 Å². The maximum absolute atomic E-state index is 6.49. The van der Waals surface area contributed by atoms with Crippen LogP contribution in [0.1, 0.15) is 29.6 Å². The summed E-state index contributed by atoms with van der Waals surface area (Å²) in [5, 5.41) is 16.9. The third-order valence-electron chi connectivity index (χ3n) is 3.72. The largest absolute Gasteiger partial charge is 0.250 e. The smallest absolute Gasteiger partial charge is 0.216 e. The third kappa shape index (κ3) is 3.68. The first-order valence-electron chi connectivity index (χ1n) is 7.68.